The van der Waals surface area contributed by atoms with Crippen LogP contribution in [-0.2, 0) is 11.8 Å². The number of hydrogen-bond donors (Lipinski definition) is 1. The number of hydrogen-bond acceptors (Lipinski definition) is 3. The Morgan fingerprint density at radius 1 is 1.35 bits per heavy atom. The Bertz CT molecular complexity index is 424. The van der Waals surface area contributed by atoms with Crippen molar-refractivity contribution in [3.05, 3.63) is 17.0 Å². The number of methoxy groups -OCH3 is 1. The quantitative estimate of drug-likeness (QED) is 0.795. The third-order valence-electron chi connectivity index (χ3n) is 4.14. The minimum absolute atomic E-state index is 0.0733. The summed E-state index contributed by atoms with van der Waals surface area (Å²) >= 11 is 0. The summed E-state index contributed by atoms with van der Waals surface area (Å²) in [4.78, 5) is 0. The highest BCUT2D eigenvalue weighted by atomic mass is 16.5. The van der Waals surface area contributed by atoms with Crippen LogP contribution in [0.1, 0.15) is 63.0 Å². The van der Waals surface area contributed by atoms with E-state index >= 15 is 0 Å². The van der Waals surface area contributed by atoms with Gasteiger partial charge in [-0.15, -0.1) is 0 Å². The van der Waals surface area contributed by atoms with Gasteiger partial charge in [-0.25, -0.2) is 0 Å². The summed E-state index contributed by atoms with van der Waals surface area (Å²) < 4.78 is 7.52. The van der Waals surface area contributed by atoms with Crippen LogP contribution in [0.3, 0.4) is 0 Å². The molecule has 1 N–H and O–H groups in total. The van der Waals surface area contributed by atoms with Gasteiger partial charge in [0.25, 0.3) is 0 Å². The zero-order valence-electron chi connectivity index (χ0n) is 14.2. The van der Waals surface area contributed by atoms with Crippen molar-refractivity contribution in [1.29, 1.82) is 0 Å². The highest BCUT2D eigenvalue weighted by Gasteiger charge is 2.23. The van der Waals surface area contributed by atoms with Crippen molar-refractivity contribution in [3.8, 4) is 0 Å². The van der Waals surface area contributed by atoms with Gasteiger partial charge in [0.15, 0.2) is 0 Å². The first-order chi connectivity index (χ1) is 9.32. The molecule has 1 aromatic rings. The van der Waals surface area contributed by atoms with E-state index in [0.717, 1.165) is 31.5 Å². The molecule has 0 aromatic carbocycles. The minimum atomic E-state index is -0.0733. The van der Waals surface area contributed by atoms with E-state index in [2.05, 4.69) is 45.0 Å². The molecule has 4 nitrogen and oxygen atoms in total. The highest BCUT2D eigenvalue weighted by Crippen LogP contribution is 2.28. The van der Waals surface area contributed by atoms with Crippen LogP contribution < -0.4 is 5.32 Å². The van der Waals surface area contributed by atoms with Crippen LogP contribution in [0.4, 0.5) is 0 Å². The average molecular weight is 281 g/mol. The number of aromatic nitrogens is 2. The van der Waals surface area contributed by atoms with Crippen molar-refractivity contribution in [3.63, 3.8) is 0 Å². The predicted molar refractivity (Wildman–Crippen MR) is 84.0 cm³/mol. The van der Waals surface area contributed by atoms with Crippen LogP contribution in [0, 0.1) is 13.8 Å². The molecule has 0 saturated heterocycles. The van der Waals surface area contributed by atoms with E-state index in [4.69, 9.17) is 4.74 Å². The first-order valence-corrected chi connectivity index (χ1v) is 7.61. The van der Waals surface area contributed by atoms with Gasteiger partial charge >= 0.3 is 0 Å². The average Bonchev–Trinajstić information content (AvgIpc) is 2.64. The fourth-order valence-corrected chi connectivity index (χ4v) is 2.56. The second-order valence-corrected chi connectivity index (χ2v) is 6.22. The van der Waals surface area contributed by atoms with Gasteiger partial charge in [-0.1, -0.05) is 6.92 Å². The smallest absolute Gasteiger partial charge is 0.0644 e. The normalized spacial score (nSPS) is 13.8. The third-order valence-corrected chi connectivity index (χ3v) is 4.14. The fourth-order valence-electron chi connectivity index (χ4n) is 2.56. The lowest BCUT2D eigenvalue weighted by Gasteiger charge is -2.27. The topological polar surface area (TPSA) is 39.1 Å². The van der Waals surface area contributed by atoms with E-state index in [1.165, 1.54) is 11.3 Å². The lowest BCUT2D eigenvalue weighted by Crippen LogP contribution is -2.28. The lowest BCUT2D eigenvalue weighted by atomic mass is 9.93. The van der Waals surface area contributed by atoms with Crippen LogP contribution in [0.15, 0.2) is 0 Å². The number of nitrogens with one attached hydrogen (secondary N) is 1. The zero-order chi connectivity index (χ0) is 15.3. The Morgan fingerprint density at radius 2 is 2.00 bits per heavy atom. The first-order valence-electron chi connectivity index (χ1n) is 7.61. The van der Waals surface area contributed by atoms with Crippen LogP contribution in [0.2, 0.25) is 0 Å². The Hall–Kier alpha value is -0.870. The molecule has 0 amide bonds. The summed E-state index contributed by atoms with van der Waals surface area (Å²) in [6, 6.07) is 0.359. The van der Waals surface area contributed by atoms with Crippen LogP contribution >= 0.6 is 0 Å². The SMILES string of the molecule is CCCNC(CCC(C)(C)OC)c1c(C)nn(C)c1C. The van der Waals surface area contributed by atoms with E-state index < -0.39 is 0 Å². The maximum atomic E-state index is 5.55. The van der Waals surface area contributed by atoms with E-state index in [1.807, 2.05) is 11.7 Å². The Labute approximate surface area is 123 Å². The lowest BCUT2D eigenvalue weighted by molar-refractivity contribution is 0.0116. The molecule has 1 heterocycles. The molecule has 0 aliphatic rings. The summed E-state index contributed by atoms with van der Waals surface area (Å²) in [6.45, 7) is 11.8. The summed E-state index contributed by atoms with van der Waals surface area (Å²) in [6.07, 6.45) is 3.23. The molecule has 0 bridgehead atoms. The Morgan fingerprint density at radius 3 is 2.45 bits per heavy atom. The number of rotatable bonds is 8. The molecular weight excluding hydrogens is 250 g/mol. The zero-order valence-corrected chi connectivity index (χ0v) is 14.2. The van der Waals surface area contributed by atoms with Gasteiger partial charge in [0, 0.05) is 31.5 Å². The van der Waals surface area contributed by atoms with Gasteiger partial charge in [-0.2, -0.15) is 5.10 Å². The maximum absolute atomic E-state index is 5.55. The number of aryl methyl sites for hydroxylation is 2. The molecule has 0 aliphatic heterocycles. The van der Waals surface area contributed by atoms with Gasteiger partial charge in [0.1, 0.15) is 0 Å². The van der Waals surface area contributed by atoms with Gasteiger partial charge in [-0.05, 0) is 53.5 Å². The molecular formula is C16H31N3O. The summed E-state index contributed by atoms with van der Waals surface area (Å²) in [5.41, 5.74) is 3.67. The summed E-state index contributed by atoms with van der Waals surface area (Å²) in [7, 11) is 3.80. The molecule has 1 aromatic heterocycles. The van der Waals surface area contributed by atoms with Crippen LogP contribution in [-0.4, -0.2) is 29.0 Å². The number of nitrogens with zero attached hydrogens (tertiary/aromatic N) is 2. The molecule has 4 heteroatoms. The van der Waals surface area contributed by atoms with Gasteiger partial charge < -0.3 is 10.1 Å². The van der Waals surface area contributed by atoms with Crippen molar-refractivity contribution in [2.75, 3.05) is 13.7 Å². The van der Waals surface area contributed by atoms with E-state index in [1.54, 1.807) is 7.11 Å². The molecule has 1 atom stereocenters. The van der Waals surface area contributed by atoms with Gasteiger partial charge in [0.2, 0.25) is 0 Å². The van der Waals surface area contributed by atoms with Crippen molar-refractivity contribution in [1.82, 2.24) is 15.1 Å². The molecule has 1 rings (SSSR count). The van der Waals surface area contributed by atoms with Gasteiger partial charge in [0.05, 0.1) is 11.3 Å². The fraction of sp³-hybridized carbons (Fsp3) is 0.812. The minimum Gasteiger partial charge on any atom is -0.379 e. The van der Waals surface area contributed by atoms with Crippen molar-refractivity contribution < 1.29 is 4.74 Å². The highest BCUT2D eigenvalue weighted by molar-refractivity contribution is 5.28. The molecule has 116 valence electrons. The third kappa shape index (κ3) is 4.32. The van der Waals surface area contributed by atoms with Gasteiger partial charge in [-0.3, -0.25) is 4.68 Å². The predicted octanol–water partition coefficient (Wildman–Crippen LogP) is 3.28. The molecule has 0 fully saturated rings. The molecule has 0 saturated carbocycles. The second kappa shape index (κ2) is 7.23. The van der Waals surface area contributed by atoms with Crippen LogP contribution in [0.5, 0.6) is 0 Å². The first kappa shape index (κ1) is 17.2. The Balaban J connectivity index is 2.88. The Kier molecular flexibility index (Phi) is 6.21. The standard InChI is InChI=1S/C16H31N3O/c1-8-11-17-14(9-10-16(4,5)20-7)15-12(2)18-19(6)13(15)3/h14,17H,8-11H2,1-7H3. The molecule has 1 unspecified atom stereocenters. The van der Waals surface area contributed by atoms with Crippen molar-refractivity contribution >= 4 is 0 Å². The second-order valence-electron chi connectivity index (χ2n) is 6.22. The van der Waals surface area contributed by atoms with Crippen molar-refractivity contribution in [2.24, 2.45) is 7.05 Å². The maximum Gasteiger partial charge on any atom is 0.0644 e. The van der Waals surface area contributed by atoms with E-state index in [-0.39, 0.29) is 5.60 Å². The molecule has 0 radical (unpaired) electrons. The van der Waals surface area contributed by atoms with E-state index in [0.29, 0.717) is 6.04 Å². The number of ether oxygens (including phenoxy) is 1. The largest absolute Gasteiger partial charge is 0.379 e. The monoisotopic (exact) mass is 281 g/mol. The summed E-state index contributed by atoms with van der Waals surface area (Å²) in [5.74, 6) is 0. The molecule has 0 aliphatic carbocycles. The molecule has 20 heavy (non-hydrogen) atoms. The van der Waals surface area contributed by atoms with E-state index in [9.17, 15) is 0 Å². The van der Waals surface area contributed by atoms with Crippen molar-refractivity contribution in [2.45, 2.75) is 65.5 Å². The summed E-state index contributed by atoms with van der Waals surface area (Å²) in [5, 5.41) is 8.22. The molecule has 0 spiro atoms. The van der Waals surface area contributed by atoms with Crippen LogP contribution in [0.25, 0.3) is 0 Å².